The molecule has 0 fully saturated rings. The van der Waals surface area contributed by atoms with E-state index in [9.17, 15) is 20.1 Å². The first-order chi connectivity index (χ1) is 25.5. The topological polar surface area (TPSA) is 89.8 Å². The lowest BCUT2D eigenvalue weighted by Gasteiger charge is -2.23. The molecular weight excluding hydrogens is 643 g/mol. The van der Waals surface area contributed by atoms with Gasteiger partial charge < -0.3 is 20.6 Å². The van der Waals surface area contributed by atoms with Crippen LogP contribution in [0.1, 0.15) is 271 Å². The first kappa shape index (κ1) is 51.4. The lowest BCUT2D eigenvalue weighted by Crippen LogP contribution is -2.46. The van der Waals surface area contributed by atoms with Crippen molar-refractivity contribution in [2.45, 2.75) is 289 Å². The van der Waals surface area contributed by atoms with Crippen LogP contribution in [0.2, 0.25) is 0 Å². The number of aliphatic hydroxyl groups excluding tert-OH is 3. The van der Waals surface area contributed by atoms with Gasteiger partial charge in [-0.15, -0.1) is 0 Å². The van der Waals surface area contributed by atoms with Gasteiger partial charge in [0.15, 0.2) is 0 Å². The second-order valence-corrected chi connectivity index (χ2v) is 16.7. The maximum absolute atomic E-state index is 12.5. The molecule has 3 unspecified atom stereocenters. The van der Waals surface area contributed by atoms with Gasteiger partial charge in [0.1, 0.15) is 0 Å². The molecule has 0 bridgehead atoms. The van der Waals surface area contributed by atoms with E-state index < -0.39 is 18.2 Å². The van der Waals surface area contributed by atoms with Crippen molar-refractivity contribution in [3.05, 3.63) is 0 Å². The van der Waals surface area contributed by atoms with E-state index in [-0.39, 0.29) is 18.9 Å². The minimum atomic E-state index is -0.744. The molecular formula is C47H95NO4. The van der Waals surface area contributed by atoms with Gasteiger partial charge in [0.25, 0.3) is 0 Å². The molecule has 0 aromatic heterocycles. The van der Waals surface area contributed by atoms with Gasteiger partial charge in [-0.25, -0.2) is 0 Å². The van der Waals surface area contributed by atoms with Crippen LogP contribution in [0.3, 0.4) is 0 Å². The van der Waals surface area contributed by atoms with E-state index in [2.05, 4.69) is 19.2 Å². The van der Waals surface area contributed by atoms with Gasteiger partial charge in [0.05, 0.1) is 31.3 Å². The first-order valence-corrected chi connectivity index (χ1v) is 23.8. The Balaban J connectivity index is 3.55. The normalized spacial score (nSPS) is 13.4. The van der Waals surface area contributed by atoms with Crippen molar-refractivity contribution >= 4 is 5.91 Å². The number of hydrogen-bond donors (Lipinski definition) is 4. The molecule has 0 aromatic carbocycles. The van der Waals surface area contributed by atoms with E-state index in [1.54, 1.807) is 0 Å². The summed E-state index contributed by atoms with van der Waals surface area (Å²) in [7, 11) is 0. The van der Waals surface area contributed by atoms with E-state index >= 15 is 0 Å². The molecule has 0 saturated heterocycles. The highest BCUT2D eigenvalue weighted by molar-refractivity contribution is 5.76. The monoisotopic (exact) mass is 738 g/mol. The van der Waals surface area contributed by atoms with Crippen LogP contribution in [0.5, 0.6) is 0 Å². The number of amides is 1. The third-order valence-electron chi connectivity index (χ3n) is 11.4. The summed E-state index contributed by atoms with van der Waals surface area (Å²) < 4.78 is 0. The molecule has 0 spiro atoms. The number of rotatable bonds is 44. The Labute approximate surface area is 326 Å². The number of unbranched alkanes of at least 4 members (excludes halogenated alkanes) is 35. The quantitative estimate of drug-likeness (QED) is 0.0469. The van der Waals surface area contributed by atoms with Crippen LogP contribution in [0.15, 0.2) is 0 Å². The predicted molar refractivity (Wildman–Crippen MR) is 227 cm³/mol. The molecule has 3 atom stereocenters. The fraction of sp³-hybridized carbons (Fsp3) is 0.979. The molecule has 0 aliphatic carbocycles. The third-order valence-corrected chi connectivity index (χ3v) is 11.4. The summed E-state index contributed by atoms with van der Waals surface area (Å²) in [6.07, 6.45) is 49.3. The predicted octanol–water partition coefficient (Wildman–Crippen LogP) is 13.8. The summed E-state index contributed by atoms with van der Waals surface area (Å²) in [6, 6.07) is -0.652. The van der Waals surface area contributed by atoms with E-state index in [1.165, 1.54) is 212 Å². The molecule has 0 saturated carbocycles. The van der Waals surface area contributed by atoms with Crippen LogP contribution < -0.4 is 5.32 Å². The highest BCUT2D eigenvalue weighted by Gasteiger charge is 2.21. The second-order valence-electron chi connectivity index (χ2n) is 16.7. The van der Waals surface area contributed by atoms with Gasteiger partial charge in [-0.3, -0.25) is 4.79 Å². The lowest BCUT2D eigenvalue weighted by molar-refractivity contribution is -0.125. The molecule has 0 aliphatic rings. The Hall–Kier alpha value is -0.650. The zero-order valence-corrected chi connectivity index (χ0v) is 35.5. The van der Waals surface area contributed by atoms with Crippen molar-refractivity contribution in [3.63, 3.8) is 0 Å². The molecule has 0 aromatic rings. The number of carbonyl (C=O) groups is 1. The lowest BCUT2D eigenvalue weighted by atomic mass is 10.0. The summed E-state index contributed by atoms with van der Waals surface area (Å²) in [5, 5.41) is 33.5. The molecule has 312 valence electrons. The van der Waals surface area contributed by atoms with E-state index in [1.807, 2.05) is 0 Å². The molecule has 0 heterocycles. The summed E-state index contributed by atoms with van der Waals surface area (Å²) in [5.74, 6) is -0.277. The maximum Gasteiger partial charge on any atom is 0.222 e. The van der Waals surface area contributed by atoms with Crippen LogP contribution in [-0.4, -0.2) is 46.1 Å². The fourth-order valence-corrected chi connectivity index (χ4v) is 7.76. The smallest absolute Gasteiger partial charge is 0.222 e. The molecule has 1 amide bonds. The first-order valence-electron chi connectivity index (χ1n) is 23.8. The summed E-state index contributed by atoms with van der Waals surface area (Å²) >= 11 is 0. The zero-order valence-electron chi connectivity index (χ0n) is 35.5. The molecule has 0 aliphatic heterocycles. The van der Waals surface area contributed by atoms with Gasteiger partial charge in [0, 0.05) is 0 Å². The van der Waals surface area contributed by atoms with Crippen LogP contribution >= 0.6 is 0 Å². The van der Waals surface area contributed by atoms with E-state index in [0.29, 0.717) is 12.8 Å². The van der Waals surface area contributed by atoms with Crippen molar-refractivity contribution in [1.29, 1.82) is 0 Å². The van der Waals surface area contributed by atoms with E-state index in [4.69, 9.17) is 0 Å². The van der Waals surface area contributed by atoms with Gasteiger partial charge >= 0.3 is 0 Å². The average molecular weight is 738 g/mol. The number of nitrogens with one attached hydrogen (secondary N) is 1. The molecule has 5 nitrogen and oxygen atoms in total. The van der Waals surface area contributed by atoms with E-state index in [0.717, 1.165) is 25.7 Å². The maximum atomic E-state index is 12.5. The largest absolute Gasteiger partial charge is 0.394 e. The van der Waals surface area contributed by atoms with Gasteiger partial charge in [-0.2, -0.15) is 0 Å². The third kappa shape index (κ3) is 39.1. The van der Waals surface area contributed by atoms with Crippen LogP contribution in [-0.2, 0) is 4.79 Å². The van der Waals surface area contributed by atoms with Crippen molar-refractivity contribution in [2.24, 2.45) is 0 Å². The Morgan fingerprint density at radius 2 is 0.654 bits per heavy atom. The zero-order chi connectivity index (χ0) is 38.0. The highest BCUT2D eigenvalue weighted by atomic mass is 16.3. The molecule has 5 heteroatoms. The Morgan fingerprint density at radius 3 is 0.923 bits per heavy atom. The van der Waals surface area contributed by atoms with Crippen molar-refractivity contribution < 1.29 is 20.1 Å². The van der Waals surface area contributed by atoms with Crippen molar-refractivity contribution in [1.82, 2.24) is 5.32 Å². The Morgan fingerprint density at radius 1 is 0.404 bits per heavy atom. The summed E-state index contributed by atoms with van der Waals surface area (Å²) in [4.78, 5) is 12.5. The Bertz CT molecular complexity index is 688. The number of carbonyl (C=O) groups excluding carboxylic acids is 1. The van der Waals surface area contributed by atoms with Gasteiger partial charge in [-0.05, 0) is 12.8 Å². The van der Waals surface area contributed by atoms with Crippen LogP contribution in [0.4, 0.5) is 0 Å². The van der Waals surface area contributed by atoms with Gasteiger partial charge in [-0.1, -0.05) is 251 Å². The van der Waals surface area contributed by atoms with Gasteiger partial charge in [0.2, 0.25) is 5.91 Å². The second kappa shape index (κ2) is 43.1. The Kier molecular flexibility index (Phi) is 42.5. The minimum Gasteiger partial charge on any atom is -0.394 e. The SMILES string of the molecule is CCCCCCCCCCCCCCCCCCCCCCC(O)C(CO)NC(=O)CC(O)CCCCCCCCCCCCCCCCCCC. The minimum absolute atomic E-state index is 0.0430. The molecule has 52 heavy (non-hydrogen) atoms. The van der Waals surface area contributed by atoms with Crippen LogP contribution in [0.25, 0.3) is 0 Å². The molecule has 0 radical (unpaired) electrons. The number of hydrogen-bond acceptors (Lipinski definition) is 4. The van der Waals surface area contributed by atoms with Crippen molar-refractivity contribution in [2.75, 3.05) is 6.61 Å². The fourth-order valence-electron chi connectivity index (χ4n) is 7.76. The molecule has 4 N–H and O–H groups in total. The summed E-state index contributed by atoms with van der Waals surface area (Å²) in [6.45, 7) is 4.29. The summed E-state index contributed by atoms with van der Waals surface area (Å²) in [5.41, 5.74) is 0. The highest BCUT2D eigenvalue weighted by Crippen LogP contribution is 2.17. The van der Waals surface area contributed by atoms with Crippen molar-refractivity contribution in [3.8, 4) is 0 Å². The van der Waals surface area contributed by atoms with Crippen LogP contribution in [0, 0.1) is 0 Å². The average Bonchev–Trinajstić information content (AvgIpc) is 3.14. The molecule has 0 rings (SSSR count). The standard InChI is InChI=1S/C47H95NO4/c1-3-5-7-9-11-13-15-17-19-21-22-23-25-27-29-31-33-35-37-39-41-46(51)45(43-49)48-47(52)42-44(50)40-38-36-34-32-30-28-26-24-20-18-16-14-12-10-8-6-4-2/h44-46,49-51H,3-43H2,1-2H3,(H,48,52). The number of aliphatic hydroxyl groups is 3.